The van der Waals surface area contributed by atoms with E-state index in [2.05, 4.69) is 104 Å². The summed E-state index contributed by atoms with van der Waals surface area (Å²) in [6.45, 7) is 9.23. The highest BCUT2D eigenvalue weighted by molar-refractivity contribution is 9.09. The average molecular weight is 405 g/mol. The zero-order chi connectivity index (χ0) is 17.6. The van der Waals surface area contributed by atoms with Crippen LogP contribution in [0.3, 0.4) is 0 Å². The Hall–Kier alpha value is -0.903. The van der Waals surface area contributed by atoms with Gasteiger partial charge in [-0.1, -0.05) is 104 Å². The zero-order valence-corrected chi connectivity index (χ0v) is 17.8. The summed E-state index contributed by atoms with van der Waals surface area (Å²) >= 11 is 3.60. The molecule has 0 amide bonds. The smallest absolute Gasteiger partial charge is 0.261 e. The molecule has 0 bridgehead atoms. The lowest BCUT2D eigenvalue weighted by molar-refractivity contribution is 0.180. The van der Waals surface area contributed by atoms with Gasteiger partial charge in [-0.3, -0.25) is 0 Å². The standard InChI is InChI=1S/C21H29BrOSi/c1-5-18(16-17-22)23-24(21(2,3)4,19-12-8-6-9-13-19)20-14-10-7-11-15-20/h6-15,18H,5,16-17H2,1-4H3/t18-/m1/s1. The molecule has 2 aromatic rings. The monoisotopic (exact) mass is 404 g/mol. The van der Waals surface area contributed by atoms with Gasteiger partial charge in [0.05, 0.1) is 0 Å². The van der Waals surface area contributed by atoms with Gasteiger partial charge in [-0.15, -0.1) is 0 Å². The van der Waals surface area contributed by atoms with Crippen LogP contribution in [0.2, 0.25) is 5.04 Å². The lowest BCUT2D eigenvalue weighted by Crippen LogP contribution is -2.67. The second-order valence-electron chi connectivity index (χ2n) is 7.29. The highest BCUT2D eigenvalue weighted by Crippen LogP contribution is 2.38. The topological polar surface area (TPSA) is 9.23 Å². The van der Waals surface area contributed by atoms with E-state index in [0.717, 1.165) is 18.2 Å². The third kappa shape index (κ3) is 4.01. The molecule has 0 aliphatic heterocycles. The van der Waals surface area contributed by atoms with Crippen LogP contribution in [0.1, 0.15) is 40.5 Å². The molecule has 0 spiro atoms. The maximum atomic E-state index is 7.07. The van der Waals surface area contributed by atoms with Crippen molar-refractivity contribution in [2.45, 2.75) is 51.7 Å². The Bertz CT molecular complexity index is 567. The number of alkyl halides is 1. The molecule has 0 aliphatic carbocycles. The molecule has 3 heteroatoms. The van der Waals surface area contributed by atoms with Crippen molar-refractivity contribution in [3.05, 3.63) is 60.7 Å². The Morgan fingerprint density at radius 2 is 1.38 bits per heavy atom. The van der Waals surface area contributed by atoms with E-state index in [-0.39, 0.29) is 11.1 Å². The van der Waals surface area contributed by atoms with E-state index < -0.39 is 8.32 Å². The minimum Gasteiger partial charge on any atom is -0.404 e. The van der Waals surface area contributed by atoms with Gasteiger partial charge in [0.1, 0.15) is 0 Å². The fourth-order valence-electron chi connectivity index (χ4n) is 3.41. The average Bonchev–Trinajstić information content (AvgIpc) is 2.59. The summed E-state index contributed by atoms with van der Waals surface area (Å²) in [6, 6.07) is 21.8. The third-order valence-corrected chi connectivity index (χ3v) is 10.2. The minimum absolute atomic E-state index is 0.0510. The molecular weight excluding hydrogens is 376 g/mol. The number of benzene rings is 2. The van der Waals surface area contributed by atoms with Crippen LogP contribution in [-0.2, 0) is 4.43 Å². The van der Waals surface area contributed by atoms with Gasteiger partial charge in [0, 0.05) is 11.4 Å². The summed E-state index contributed by atoms with van der Waals surface area (Å²) in [5, 5.41) is 3.74. The molecule has 0 heterocycles. The molecule has 130 valence electrons. The van der Waals surface area contributed by atoms with Gasteiger partial charge in [0.2, 0.25) is 0 Å². The minimum atomic E-state index is -2.39. The normalized spacial score (nSPS) is 13.7. The van der Waals surface area contributed by atoms with E-state index in [1.54, 1.807) is 0 Å². The summed E-state index contributed by atoms with van der Waals surface area (Å²) < 4.78 is 7.07. The van der Waals surface area contributed by atoms with Gasteiger partial charge in [-0.2, -0.15) is 0 Å². The second-order valence-corrected chi connectivity index (χ2v) is 12.3. The Morgan fingerprint density at radius 3 is 1.71 bits per heavy atom. The van der Waals surface area contributed by atoms with Crippen molar-refractivity contribution in [1.29, 1.82) is 0 Å². The molecule has 0 radical (unpaired) electrons. The van der Waals surface area contributed by atoms with E-state index in [0.29, 0.717) is 0 Å². The molecule has 0 saturated carbocycles. The maximum Gasteiger partial charge on any atom is 0.261 e. The van der Waals surface area contributed by atoms with Crippen LogP contribution in [-0.4, -0.2) is 19.8 Å². The predicted octanol–water partition coefficient (Wildman–Crippen LogP) is 5.13. The molecule has 0 aromatic heterocycles. The van der Waals surface area contributed by atoms with Crippen molar-refractivity contribution in [3.8, 4) is 0 Å². The van der Waals surface area contributed by atoms with E-state index in [1.807, 2.05) is 0 Å². The van der Waals surface area contributed by atoms with Gasteiger partial charge in [0.25, 0.3) is 8.32 Å². The van der Waals surface area contributed by atoms with Crippen molar-refractivity contribution in [2.75, 3.05) is 5.33 Å². The van der Waals surface area contributed by atoms with Crippen LogP contribution in [0.25, 0.3) is 0 Å². The number of halogens is 1. The Labute approximate surface area is 156 Å². The summed E-state index contributed by atoms with van der Waals surface area (Å²) in [6.07, 6.45) is 2.35. The second kappa shape index (κ2) is 8.46. The van der Waals surface area contributed by atoms with E-state index in [9.17, 15) is 0 Å². The van der Waals surface area contributed by atoms with Crippen LogP contribution >= 0.6 is 15.9 Å². The van der Waals surface area contributed by atoms with Gasteiger partial charge in [0.15, 0.2) is 0 Å². The third-order valence-electron chi connectivity index (χ3n) is 4.65. The molecule has 1 nitrogen and oxygen atoms in total. The lowest BCUT2D eigenvalue weighted by Gasteiger charge is -2.45. The first-order chi connectivity index (χ1) is 11.5. The quantitative estimate of drug-likeness (QED) is 0.459. The molecule has 0 N–H and O–H groups in total. The molecule has 0 fully saturated rings. The fraction of sp³-hybridized carbons (Fsp3) is 0.429. The van der Waals surface area contributed by atoms with Crippen LogP contribution in [0, 0.1) is 0 Å². The van der Waals surface area contributed by atoms with Crippen LogP contribution in [0.5, 0.6) is 0 Å². The van der Waals surface area contributed by atoms with Gasteiger partial charge in [-0.05, 0) is 28.3 Å². The highest BCUT2D eigenvalue weighted by Gasteiger charge is 2.51. The van der Waals surface area contributed by atoms with Gasteiger partial charge in [-0.25, -0.2) is 0 Å². The molecule has 0 saturated heterocycles. The molecular formula is C21H29BrOSi. The van der Waals surface area contributed by atoms with E-state index in [1.165, 1.54) is 10.4 Å². The summed E-state index contributed by atoms with van der Waals surface area (Å²) in [5.74, 6) is 0. The number of hydrogen-bond donors (Lipinski definition) is 0. The summed E-state index contributed by atoms with van der Waals surface area (Å²) in [5.41, 5.74) is 0. The number of rotatable bonds is 7. The SMILES string of the molecule is CC[C@H](CCBr)O[Si](c1ccccc1)(c1ccccc1)C(C)(C)C. The van der Waals surface area contributed by atoms with Crippen molar-refractivity contribution in [1.82, 2.24) is 0 Å². The van der Waals surface area contributed by atoms with Crippen LogP contribution in [0.15, 0.2) is 60.7 Å². The Morgan fingerprint density at radius 1 is 0.917 bits per heavy atom. The summed E-state index contributed by atoms with van der Waals surface area (Å²) in [4.78, 5) is 0. The first-order valence-electron chi connectivity index (χ1n) is 8.80. The molecule has 2 aromatic carbocycles. The largest absolute Gasteiger partial charge is 0.404 e. The van der Waals surface area contributed by atoms with Crippen LogP contribution < -0.4 is 10.4 Å². The van der Waals surface area contributed by atoms with Gasteiger partial charge >= 0.3 is 0 Å². The highest BCUT2D eigenvalue weighted by atomic mass is 79.9. The first-order valence-corrected chi connectivity index (χ1v) is 11.8. The van der Waals surface area contributed by atoms with Crippen molar-refractivity contribution < 1.29 is 4.43 Å². The molecule has 0 aliphatic rings. The molecule has 0 unspecified atom stereocenters. The van der Waals surface area contributed by atoms with E-state index in [4.69, 9.17) is 4.43 Å². The fourth-order valence-corrected chi connectivity index (χ4v) is 8.72. The summed E-state index contributed by atoms with van der Waals surface area (Å²) in [7, 11) is -2.39. The Kier molecular flexibility index (Phi) is 6.85. The molecule has 24 heavy (non-hydrogen) atoms. The predicted molar refractivity (Wildman–Crippen MR) is 111 cm³/mol. The lowest BCUT2D eigenvalue weighted by atomic mass is 10.2. The van der Waals surface area contributed by atoms with Gasteiger partial charge < -0.3 is 4.43 Å². The molecule has 2 rings (SSSR count). The first kappa shape index (κ1) is 19.4. The Balaban J connectivity index is 2.65. The van der Waals surface area contributed by atoms with Crippen molar-refractivity contribution >= 4 is 34.6 Å². The maximum absolute atomic E-state index is 7.07. The zero-order valence-electron chi connectivity index (χ0n) is 15.3. The van der Waals surface area contributed by atoms with Crippen molar-refractivity contribution in [2.24, 2.45) is 0 Å². The van der Waals surface area contributed by atoms with Crippen molar-refractivity contribution in [3.63, 3.8) is 0 Å². The molecule has 1 atom stereocenters. The number of hydrogen-bond acceptors (Lipinski definition) is 1. The van der Waals surface area contributed by atoms with E-state index >= 15 is 0 Å². The van der Waals surface area contributed by atoms with Crippen LogP contribution in [0.4, 0.5) is 0 Å².